The molecule has 0 heterocycles. The summed E-state index contributed by atoms with van der Waals surface area (Å²) >= 11 is 0. The summed E-state index contributed by atoms with van der Waals surface area (Å²) in [5.74, 6) is 0. The molecule has 2 rings (SSSR count). The largest absolute Gasteiger partial charge is 0.412 e. The van der Waals surface area contributed by atoms with Crippen LogP contribution in [0.25, 0.3) is 0 Å². The van der Waals surface area contributed by atoms with Crippen molar-refractivity contribution in [1.82, 2.24) is 0 Å². The van der Waals surface area contributed by atoms with Crippen LogP contribution >= 0.6 is 7.92 Å². The molecule has 21 heavy (non-hydrogen) atoms. The van der Waals surface area contributed by atoms with Crippen LogP contribution in [0.2, 0.25) is 0 Å². The lowest BCUT2D eigenvalue weighted by atomic mass is 10.0. The van der Waals surface area contributed by atoms with Crippen LogP contribution in [0.3, 0.4) is 0 Å². The van der Waals surface area contributed by atoms with Gasteiger partial charge in [0.25, 0.3) is 0 Å². The van der Waals surface area contributed by atoms with Gasteiger partial charge >= 0.3 is 0 Å². The Kier molecular flexibility index (Phi) is 6.26. The topological polar surface area (TPSA) is 48.6 Å². The maximum atomic E-state index is 13.0. The van der Waals surface area contributed by atoms with Crippen molar-refractivity contribution in [3.05, 3.63) is 64.7 Å². The first-order valence-corrected chi connectivity index (χ1v) is 8.52. The summed E-state index contributed by atoms with van der Waals surface area (Å²) in [6.45, 7) is 8.27. The maximum absolute atomic E-state index is 13.0. The molecule has 2 N–H and O–H groups in total. The standard InChI is InChI=1S/C18H21OP.H2O/c1-5-20(16-9-7-6-8-10-16)18(19)17-14(3)11-13(2)12-15(17)4;/h6-12H,5H2,1-4H3;1H2. The lowest BCUT2D eigenvalue weighted by Gasteiger charge is -2.18. The highest BCUT2D eigenvalue weighted by atomic mass is 31.1. The van der Waals surface area contributed by atoms with Crippen LogP contribution in [0, 0.1) is 20.8 Å². The molecule has 1 unspecified atom stereocenters. The first kappa shape index (κ1) is 17.6. The summed E-state index contributed by atoms with van der Waals surface area (Å²) in [5, 5.41) is 1.18. The van der Waals surface area contributed by atoms with Crippen molar-refractivity contribution in [3.63, 3.8) is 0 Å². The number of hydrogen-bond acceptors (Lipinski definition) is 1. The Hall–Kier alpha value is -1.50. The molecule has 0 fully saturated rings. The molecule has 0 aromatic heterocycles. The van der Waals surface area contributed by atoms with E-state index in [9.17, 15) is 4.79 Å². The second kappa shape index (κ2) is 7.49. The molecule has 0 radical (unpaired) electrons. The van der Waals surface area contributed by atoms with Gasteiger partial charge < -0.3 is 5.48 Å². The molecule has 1 atom stereocenters. The highest BCUT2D eigenvalue weighted by molar-refractivity contribution is 7.82. The van der Waals surface area contributed by atoms with E-state index >= 15 is 0 Å². The molecule has 0 aliphatic carbocycles. The highest BCUT2D eigenvalue weighted by Gasteiger charge is 2.22. The summed E-state index contributed by atoms with van der Waals surface area (Å²) in [4.78, 5) is 13.0. The van der Waals surface area contributed by atoms with Crippen molar-refractivity contribution in [2.45, 2.75) is 27.7 Å². The summed E-state index contributed by atoms with van der Waals surface area (Å²) < 4.78 is 0. The summed E-state index contributed by atoms with van der Waals surface area (Å²) in [7, 11) is -0.772. The van der Waals surface area contributed by atoms with Crippen LogP contribution < -0.4 is 5.30 Å². The van der Waals surface area contributed by atoms with Gasteiger partial charge in [-0.1, -0.05) is 55.0 Å². The third-order valence-electron chi connectivity index (χ3n) is 3.52. The smallest absolute Gasteiger partial charge is 0.189 e. The molecular weight excluding hydrogens is 279 g/mol. The van der Waals surface area contributed by atoms with Gasteiger partial charge in [0.15, 0.2) is 5.52 Å². The van der Waals surface area contributed by atoms with Crippen molar-refractivity contribution in [2.75, 3.05) is 6.16 Å². The fourth-order valence-electron chi connectivity index (χ4n) is 2.70. The zero-order valence-electron chi connectivity index (χ0n) is 13.1. The van der Waals surface area contributed by atoms with E-state index in [1.54, 1.807) is 0 Å². The molecule has 2 aromatic rings. The van der Waals surface area contributed by atoms with Crippen molar-refractivity contribution >= 4 is 18.8 Å². The molecule has 0 saturated heterocycles. The predicted octanol–water partition coefficient (Wildman–Crippen LogP) is 3.75. The SMILES string of the molecule is CCP(C(=O)c1c(C)cc(C)cc1C)c1ccccc1.O. The van der Waals surface area contributed by atoms with E-state index in [2.05, 4.69) is 38.1 Å². The number of aryl methyl sites for hydroxylation is 3. The zero-order chi connectivity index (χ0) is 14.7. The fraction of sp³-hybridized carbons (Fsp3) is 0.278. The van der Waals surface area contributed by atoms with Gasteiger partial charge in [-0.05, 0) is 43.4 Å². The summed E-state index contributed by atoms with van der Waals surface area (Å²) in [5.41, 5.74) is 4.65. The number of hydrogen-bond donors (Lipinski definition) is 0. The third kappa shape index (κ3) is 3.78. The minimum atomic E-state index is -0.772. The van der Waals surface area contributed by atoms with E-state index in [0.29, 0.717) is 5.52 Å². The fourth-order valence-corrected chi connectivity index (χ4v) is 4.75. The molecule has 0 aliphatic heterocycles. The van der Waals surface area contributed by atoms with Gasteiger partial charge in [0.2, 0.25) is 0 Å². The van der Waals surface area contributed by atoms with Crippen LogP contribution in [-0.4, -0.2) is 17.2 Å². The zero-order valence-corrected chi connectivity index (χ0v) is 14.0. The first-order valence-electron chi connectivity index (χ1n) is 6.99. The van der Waals surface area contributed by atoms with Crippen LogP contribution in [0.4, 0.5) is 0 Å². The van der Waals surface area contributed by atoms with Crippen molar-refractivity contribution < 1.29 is 10.3 Å². The molecular formula is C18H23O2P. The quantitative estimate of drug-likeness (QED) is 0.793. The van der Waals surface area contributed by atoms with Crippen LogP contribution in [0.1, 0.15) is 34.0 Å². The molecule has 0 spiro atoms. The minimum Gasteiger partial charge on any atom is -0.412 e. The summed E-state index contributed by atoms with van der Waals surface area (Å²) in [6.07, 6.45) is 0.894. The van der Waals surface area contributed by atoms with Gasteiger partial charge in [-0.2, -0.15) is 0 Å². The molecule has 3 heteroatoms. The van der Waals surface area contributed by atoms with Gasteiger partial charge in [-0.3, -0.25) is 4.79 Å². The van der Waals surface area contributed by atoms with Crippen LogP contribution in [0.15, 0.2) is 42.5 Å². The van der Waals surface area contributed by atoms with E-state index < -0.39 is 7.92 Å². The molecule has 2 nitrogen and oxygen atoms in total. The van der Waals surface area contributed by atoms with Gasteiger partial charge in [0.1, 0.15) is 0 Å². The maximum Gasteiger partial charge on any atom is 0.189 e. The van der Waals surface area contributed by atoms with E-state index in [4.69, 9.17) is 0 Å². The van der Waals surface area contributed by atoms with Gasteiger partial charge in [0, 0.05) is 13.5 Å². The Labute approximate surface area is 128 Å². The van der Waals surface area contributed by atoms with Crippen molar-refractivity contribution in [1.29, 1.82) is 0 Å². The molecule has 0 amide bonds. The molecule has 0 bridgehead atoms. The van der Waals surface area contributed by atoms with Gasteiger partial charge in [-0.15, -0.1) is 0 Å². The number of carbonyl (C=O) groups excluding carboxylic acids is 1. The first-order chi connectivity index (χ1) is 9.54. The van der Waals surface area contributed by atoms with Crippen LogP contribution in [0.5, 0.6) is 0 Å². The van der Waals surface area contributed by atoms with E-state index in [0.717, 1.165) is 22.9 Å². The monoisotopic (exact) mass is 302 g/mol. The lowest BCUT2D eigenvalue weighted by molar-refractivity contribution is 0.108. The Balaban J connectivity index is 0.00000220. The molecule has 0 aliphatic rings. The molecule has 0 saturated carbocycles. The Morgan fingerprint density at radius 1 is 1.00 bits per heavy atom. The Morgan fingerprint density at radius 3 is 2.00 bits per heavy atom. The van der Waals surface area contributed by atoms with Gasteiger partial charge in [-0.25, -0.2) is 0 Å². The highest BCUT2D eigenvalue weighted by Crippen LogP contribution is 2.39. The van der Waals surface area contributed by atoms with Crippen molar-refractivity contribution in [2.24, 2.45) is 0 Å². The van der Waals surface area contributed by atoms with E-state index in [1.165, 1.54) is 10.9 Å². The van der Waals surface area contributed by atoms with E-state index in [1.807, 2.05) is 32.0 Å². The van der Waals surface area contributed by atoms with Crippen LogP contribution in [-0.2, 0) is 0 Å². The van der Waals surface area contributed by atoms with Gasteiger partial charge in [0.05, 0.1) is 0 Å². The number of rotatable bonds is 4. The minimum absolute atomic E-state index is 0. The average Bonchev–Trinajstić information content (AvgIpc) is 2.39. The number of benzene rings is 2. The average molecular weight is 302 g/mol. The Bertz CT molecular complexity index is 597. The predicted molar refractivity (Wildman–Crippen MR) is 92.1 cm³/mol. The Morgan fingerprint density at radius 2 is 1.52 bits per heavy atom. The normalized spacial score (nSPS) is 11.6. The summed E-state index contributed by atoms with van der Waals surface area (Å²) in [6, 6.07) is 14.4. The van der Waals surface area contributed by atoms with Crippen molar-refractivity contribution in [3.8, 4) is 0 Å². The number of carbonyl (C=O) groups is 1. The second-order valence-electron chi connectivity index (χ2n) is 5.16. The second-order valence-corrected chi connectivity index (χ2v) is 7.57. The van der Waals surface area contributed by atoms with E-state index in [-0.39, 0.29) is 5.48 Å². The third-order valence-corrected chi connectivity index (χ3v) is 5.79. The molecule has 2 aromatic carbocycles. The lowest BCUT2D eigenvalue weighted by Crippen LogP contribution is -2.12. The molecule has 112 valence electrons.